The minimum atomic E-state index is -4.65. The Morgan fingerprint density at radius 1 is 1.13 bits per heavy atom. The lowest BCUT2D eigenvalue weighted by molar-refractivity contribution is -0.144. The molecule has 1 aromatic carbocycles. The van der Waals surface area contributed by atoms with Crippen molar-refractivity contribution in [3.8, 4) is 5.82 Å². The molecule has 0 amide bonds. The van der Waals surface area contributed by atoms with Crippen LogP contribution in [0.2, 0.25) is 0 Å². The van der Waals surface area contributed by atoms with Crippen molar-refractivity contribution in [2.75, 3.05) is 0 Å². The van der Waals surface area contributed by atoms with E-state index in [1.807, 2.05) is 0 Å². The molecule has 3 aromatic heterocycles. The Morgan fingerprint density at radius 3 is 2.70 bits per heavy atom. The highest BCUT2D eigenvalue weighted by Gasteiger charge is 2.36. The lowest BCUT2D eigenvalue weighted by atomic mass is 10.3. The van der Waals surface area contributed by atoms with Gasteiger partial charge in [0.1, 0.15) is 11.2 Å². The number of para-hydroxylation sites is 1. The first-order chi connectivity index (χ1) is 10.9. The van der Waals surface area contributed by atoms with Gasteiger partial charge < -0.3 is 4.98 Å². The molecule has 3 heterocycles. The number of benzene rings is 1. The number of aromatic amines is 1. The largest absolute Gasteiger partial charge is 0.451 e. The quantitative estimate of drug-likeness (QED) is 0.585. The molecule has 9 heteroatoms. The highest BCUT2D eigenvalue weighted by atomic mass is 19.4. The molecule has 0 unspecified atom stereocenters. The smallest absolute Gasteiger partial charge is 0.343 e. The Kier molecular flexibility index (Phi) is 2.68. The SMILES string of the molecule is Cc1cc2c(-n3nnc4ccccc43)nc(C(F)(F)F)nc2[nH]1. The number of halogens is 3. The average molecular weight is 318 g/mol. The van der Waals surface area contributed by atoms with Gasteiger partial charge in [0.2, 0.25) is 5.82 Å². The molecule has 0 saturated carbocycles. The number of H-pyrrole nitrogens is 1. The van der Waals surface area contributed by atoms with Crippen LogP contribution in [-0.2, 0) is 6.18 Å². The normalized spacial score (nSPS) is 12.3. The van der Waals surface area contributed by atoms with Crippen molar-refractivity contribution in [2.24, 2.45) is 0 Å². The summed E-state index contributed by atoms with van der Waals surface area (Å²) in [4.78, 5) is 10.1. The van der Waals surface area contributed by atoms with Crippen LogP contribution in [0.1, 0.15) is 11.5 Å². The van der Waals surface area contributed by atoms with Crippen LogP contribution in [0.3, 0.4) is 0 Å². The summed E-state index contributed by atoms with van der Waals surface area (Å²) in [5.41, 5.74) is 1.93. The van der Waals surface area contributed by atoms with E-state index in [1.54, 1.807) is 37.3 Å². The van der Waals surface area contributed by atoms with E-state index in [9.17, 15) is 13.2 Å². The third-order valence-electron chi connectivity index (χ3n) is 3.41. The van der Waals surface area contributed by atoms with E-state index in [0.717, 1.165) is 0 Å². The maximum Gasteiger partial charge on any atom is 0.451 e. The Bertz CT molecular complexity index is 1030. The maximum absolute atomic E-state index is 13.1. The van der Waals surface area contributed by atoms with Crippen LogP contribution in [0.5, 0.6) is 0 Å². The standard InChI is InChI=1S/C14H9F3N6/c1-7-6-8-11(18-7)19-13(14(15,16)17)20-12(8)23-10-5-3-2-4-9(10)21-22-23/h2-6H,1H3,(H,18,19,20). The first-order valence-electron chi connectivity index (χ1n) is 6.69. The third-order valence-corrected chi connectivity index (χ3v) is 3.41. The highest BCUT2D eigenvalue weighted by molar-refractivity contribution is 5.86. The lowest BCUT2D eigenvalue weighted by Crippen LogP contribution is -2.14. The number of hydrogen-bond donors (Lipinski definition) is 1. The Balaban J connectivity index is 2.09. The molecule has 6 nitrogen and oxygen atoms in total. The molecular weight excluding hydrogens is 309 g/mol. The molecule has 0 saturated heterocycles. The molecule has 0 atom stereocenters. The predicted octanol–water partition coefficient (Wildman–Crippen LogP) is 3.02. The van der Waals surface area contributed by atoms with Gasteiger partial charge in [0.15, 0.2) is 5.82 Å². The molecule has 0 bridgehead atoms. The summed E-state index contributed by atoms with van der Waals surface area (Å²) in [6.07, 6.45) is -4.65. The molecule has 0 aliphatic carbocycles. The van der Waals surface area contributed by atoms with E-state index >= 15 is 0 Å². The number of rotatable bonds is 1. The van der Waals surface area contributed by atoms with E-state index in [1.165, 1.54) is 4.68 Å². The van der Waals surface area contributed by atoms with Crippen LogP contribution in [0.15, 0.2) is 30.3 Å². The molecule has 0 aliphatic rings. The van der Waals surface area contributed by atoms with E-state index in [4.69, 9.17) is 0 Å². The van der Waals surface area contributed by atoms with Gasteiger partial charge in [-0.1, -0.05) is 17.3 Å². The van der Waals surface area contributed by atoms with Crippen LogP contribution >= 0.6 is 0 Å². The Morgan fingerprint density at radius 2 is 1.91 bits per heavy atom. The maximum atomic E-state index is 13.1. The fourth-order valence-electron chi connectivity index (χ4n) is 2.44. The molecule has 23 heavy (non-hydrogen) atoms. The minimum absolute atomic E-state index is 0.0420. The van der Waals surface area contributed by atoms with Crippen LogP contribution < -0.4 is 0 Å². The molecule has 0 aliphatic heterocycles. The van der Waals surface area contributed by atoms with Crippen LogP contribution in [0.25, 0.3) is 27.9 Å². The first-order valence-corrected chi connectivity index (χ1v) is 6.69. The summed E-state index contributed by atoms with van der Waals surface area (Å²) in [6.45, 7) is 1.73. The molecule has 0 spiro atoms. The van der Waals surface area contributed by atoms with Gasteiger partial charge in [-0.2, -0.15) is 17.9 Å². The van der Waals surface area contributed by atoms with Gasteiger partial charge in [-0.3, -0.25) is 0 Å². The van der Waals surface area contributed by atoms with Crippen molar-refractivity contribution in [3.05, 3.63) is 41.9 Å². The zero-order chi connectivity index (χ0) is 16.2. The highest BCUT2D eigenvalue weighted by Crippen LogP contribution is 2.30. The summed E-state index contributed by atoms with van der Waals surface area (Å²) in [6, 6.07) is 8.66. The van der Waals surface area contributed by atoms with Crippen molar-refractivity contribution in [2.45, 2.75) is 13.1 Å². The lowest BCUT2D eigenvalue weighted by Gasteiger charge is -2.08. The zero-order valence-electron chi connectivity index (χ0n) is 11.8. The predicted molar refractivity (Wildman–Crippen MR) is 76.1 cm³/mol. The van der Waals surface area contributed by atoms with Gasteiger partial charge in [-0.15, -0.1) is 5.10 Å². The van der Waals surface area contributed by atoms with Crippen LogP contribution in [0, 0.1) is 6.92 Å². The van der Waals surface area contributed by atoms with E-state index in [-0.39, 0.29) is 11.5 Å². The number of aryl methyl sites for hydroxylation is 1. The van der Waals surface area contributed by atoms with Crippen molar-refractivity contribution < 1.29 is 13.2 Å². The summed E-state index contributed by atoms with van der Waals surface area (Å²) < 4.78 is 40.5. The summed E-state index contributed by atoms with van der Waals surface area (Å²) in [7, 11) is 0. The van der Waals surface area contributed by atoms with Crippen molar-refractivity contribution in [1.29, 1.82) is 0 Å². The van der Waals surface area contributed by atoms with Gasteiger partial charge in [0, 0.05) is 5.69 Å². The average Bonchev–Trinajstić information content (AvgIpc) is 3.07. The van der Waals surface area contributed by atoms with Crippen molar-refractivity contribution in [1.82, 2.24) is 29.9 Å². The molecule has 116 valence electrons. The molecule has 1 N–H and O–H groups in total. The number of hydrogen-bond acceptors (Lipinski definition) is 4. The first kappa shape index (κ1) is 13.7. The molecule has 4 rings (SSSR count). The van der Waals surface area contributed by atoms with Gasteiger partial charge in [0.05, 0.1) is 10.9 Å². The van der Waals surface area contributed by atoms with Crippen LogP contribution in [-0.4, -0.2) is 29.9 Å². The summed E-state index contributed by atoms with van der Waals surface area (Å²) >= 11 is 0. The minimum Gasteiger partial charge on any atom is -0.343 e. The zero-order valence-corrected chi connectivity index (χ0v) is 11.8. The van der Waals surface area contributed by atoms with Gasteiger partial charge in [0.25, 0.3) is 0 Å². The van der Waals surface area contributed by atoms with Crippen molar-refractivity contribution in [3.63, 3.8) is 0 Å². The summed E-state index contributed by atoms with van der Waals surface area (Å²) in [5.74, 6) is -1.18. The Hall–Kier alpha value is -2.97. The number of nitrogens with zero attached hydrogens (tertiary/aromatic N) is 5. The number of nitrogens with one attached hydrogen (secondary N) is 1. The monoisotopic (exact) mass is 318 g/mol. The number of fused-ring (bicyclic) bond motifs is 2. The second-order valence-corrected chi connectivity index (χ2v) is 5.07. The van der Waals surface area contributed by atoms with Gasteiger partial charge in [-0.25, -0.2) is 9.97 Å². The van der Waals surface area contributed by atoms with Crippen molar-refractivity contribution >= 4 is 22.1 Å². The number of alkyl halides is 3. The van der Waals surface area contributed by atoms with E-state index < -0.39 is 12.0 Å². The van der Waals surface area contributed by atoms with E-state index in [0.29, 0.717) is 22.1 Å². The van der Waals surface area contributed by atoms with E-state index in [2.05, 4.69) is 25.3 Å². The second kappa shape index (κ2) is 4.51. The molecule has 0 radical (unpaired) electrons. The fourth-order valence-corrected chi connectivity index (χ4v) is 2.44. The second-order valence-electron chi connectivity index (χ2n) is 5.07. The molecule has 4 aromatic rings. The third kappa shape index (κ3) is 2.12. The molecule has 0 fully saturated rings. The summed E-state index contributed by atoms with van der Waals surface area (Å²) in [5, 5.41) is 8.36. The Labute approximate surface area is 127 Å². The fraction of sp³-hybridized carbons (Fsp3) is 0.143. The number of aromatic nitrogens is 6. The molecular formula is C14H9F3N6. The van der Waals surface area contributed by atoms with Crippen LogP contribution in [0.4, 0.5) is 13.2 Å². The topological polar surface area (TPSA) is 72.3 Å². The van der Waals surface area contributed by atoms with Gasteiger partial charge >= 0.3 is 6.18 Å². The van der Waals surface area contributed by atoms with Gasteiger partial charge in [-0.05, 0) is 25.1 Å².